The highest BCUT2D eigenvalue weighted by Crippen LogP contribution is 2.45. The van der Waals surface area contributed by atoms with Gasteiger partial charge in [0.15, 0.2) is 0 Å². The fraction of sp³-hybridized carbons (Fsp3) is 0.0435. The van der Waals surface area contributed by atoms with Crippen molar-refractivity contribution < 1.29 is 14.3 Å². The van der Waals surface area contributed by atoms with Gasteiger partial charge in [-0.25, -0.2) is 4.79 Å². The van der Waals surface area contributed by atoms with E-state index in [0.717, 1.165) is 0 Å². The minimum absolute atomic E-state index is 0.0550. The molecule has 3 aromatic carbocycles. The zero-order valence-corrected chi connectivity index (χ0v) is 18.0. The third-order valence-electron chi connectivity index (χ3n) is 4.77. The van der Waals surface area contributed by atoms with E-state index in [9.17, 15) is 10.1 Å². The van der Waals surface area contributed by atoms with Gasteiger partial charge in [-0.3, -0.25) is 0 Å². The third kappa shape index (κ3) is 4.06. The second-order valence-electron chi connectivity index (χ2n) is 6.66. The number of esters is 1. The molecular weight excluding hydrogens is 459 g/mol. The predicted molar refractivity (Wildman–Crippen MR) is 119 cm³/mol. The van der Waals surface area contributed by atoms with Gasteiger partial charge in [0.25, 0.3) is 0 Å². The number of benzene rings is 3. The molecule has 0 spiro atoms. The summed E-state index contributed by atoms with van der Waals surface area (Å²) >= 11 is 18.5. The Kier molecular flexibility index (Phi) is 5.79. The van der Waals surface area contributed by atoms with Crippen molar-refractivity contribution in [2.24, 2.45) is 5.73 Å². The van der Waals surface area contributed by atoms with Crippen LogP contribution in [0.15, 0.2) is 72.1 Å². The number of rotatable bonds is 3. The van der Waals surface area contributed by atoms with Crippen LogP contribution in [-0.2, 0) is 0 Å². The van der Waals surface area contributed by atoms with Gasteiger partial charge in [0.2, 0.25) is 5.88 Å². The SMILES string of the molecule is N#CC1=C(N)Oc2cc(OC(=O)c3ccccc3Cl)ccc2C1c1ccc(Cl)cc1Cl. The second kappa shape index (κ2) is 8.52. The molecule has 0 bridgehead atoms. The van der Waals surface area contributed by atoms with E-state index < -0.39 is 11.9 Å². The fourth-order valence-electron chi connectivity index (χ4n) is 3.34. The van der Waals surface area contributed by atoms with Gasteiger partial charge in [0.1, 0.15) is 23.1 Å². The van der Waals surface area contributed by atoms with E-state index in [1.165, 1.54) is 6.07 Å². The summed E-state index contributed by atoms with van der Waals surface area (Å²) in [6, 6.07) is 18.5. The summed E-state index contributed by atoms with van der Waals surface area (Å²) in [5.74, 6) is -0.651. The number of nitriles is 1. The quantitative estimate of drug-likeness (QED) is 0.369. The van der Waals surface area contributed by atoms with Crippen LogP contribution in [0.3, 0.4) is 0 Å². The van der Waals surface area contributed by atoms with Crippen LogP contribution in [0.4, 0.5) is 0 Å². The lowest BCUT2D eigenvalue weighted by molar-refractivity contribution is 0.0734. The maximum absolute atomic E-state index is 12.5. The molecule has 1 atom stereocenters. The molecule has 1 aliphatic heterocycles. The first-order valence-electron chi connectivity index (χ1n) is 9.02. The highest BCUT2D eigenvalue weighted by atomic mass is 35.5. The zero-order valence-electron chi connectivity index (χ0n) is 15.7. The van der Waals surface area contributed by atoms with Gasteiger partial charge in [-0.15, -0.1) is 0 Å². The zero-order chi connectivity index (χ0) is 22.1. The van der Waals surface area contributed by atoms with E-state index in [2.05, 4.69) is 6.07 Å². The molecule has 0 aromatic heterocycles. The molecule has 4 rings (SSSR count). The van der Waals surface area contributed by atoms with E-state index in [-0.39, 0.29) is 27.8 Å². The van der Waals surface area contributed by atoms with Crippen molar-refractivity contribution in [3.05, 3.63) is 104 Å². The van der Waals surface area contributed by atoms with Crippen LogP contribution in [0.25, 0.3) is 0 Å². The summed E-state index contributed by atoms with van der Waals surface area (Å²) in [6.45, 7) is 0. The van der Waals surface area contributed by atoms with Crippen LogP contribution >= 0.6 is 34.8 Å². The Morgan fingerprint density at radius 3 is 2.45 bits per heavy atom. The summed E-state index contributed by atoms with van der Waals surface area (Å²) in [4.78, 5) is 12.5. The number of halogens is 3. The molecule has 2 N–H and O–H groups in total. The van der Waals surface area contributed by atoms with Crippen molar-refractivity contribution in [1.29, 1.82) is 5.26 Å². The van der Waals surface area contributed by atoms with Gasteiger partial charge < -0.3 is 15.2 Å². The number of nitrogens with zero attached hydrogens (tertiary/aromatic N) is 1. The molecule has 0 radical (unpaired) electrons. The Labute approximate surface area is 193 Å². The highest BCUT2D eigenvalue weighted by Gasteiger charge is 2.32. The Hall–Kier alpha value is -3.17. The lowest BCUT2D eigenvalue weighted by atomic mass is 9.83. The van der Waals surface area contributed by atoms with Crippen LogP contribution in [0.5, 0.6) is 11.5 Å². The van der Waals surface area contributed by atoms with Gasteiger partial charge in [0.05, 0.1) is 16.5 Å². The first-order valence-corrected chi connectivity index (χ1v) is 10.2. The van der Waals surface area contributed by atoms with Crippen LogP contribution in [0.2, 0.25) is 15.1 Å². The minimum atomic E-state index is -0.611. The molecule has 1 aliphatic rings. The Balaban J connectivity index is 1.73. The monoisotopic (exact) mass is 470 g/mol. The van der Waals surface area contributed by atoms with Crippen LogP contribution in [-0.4, -0.2) is 5.97 Å². The van der Waals surface area contributed by atoms with Gasteiger partial charge >= 0.3 is 5.97 Å². The van der Waals surface area contributed by atoms with E-state index >= 15 is 0 Å². The summed E-state index contributed by atoms with van der Waals surface area (Å²) in [5.41, 5.74) is 7.77. The molecule has 0 amide bonds. The average molecular weight is 472 g/mol. The molecule has 154 valence electrons. The van der Waals surface area contributed by atoms with Gasteiger partial charge in [-0.2, -0.15) is 5.26 Å². The third-order valence-corrected chi connectivity index (χ3v) is 5.66. The number of carbonyl (C=O) groups is 1. The molecule has 0 saturated carbocycles. The number of hydrogen-bond acceptors (Lipinski definition) is 5. The van der Waals surface area contributed by atoms with Gasteiger partial charge in [0, 0.05) is 21.7 Å². The standard InChI is InChI=1S/C23H13Cl3N2O3/c24-12-5-7-14(19(26)9-12)21-16-8-6-13(10-20(16)31-22(28)17(21)11-27)30-23(29)15-3-1-2-4-18(15)25/h1-10,21H,28H2. The molecule has 0 aliphatic carbocycles. The molecular formula is C23H13Cl3N2O3. The molecule has 0 saturated heterocycles. The van der Waals surface area contributed by atoms with Crippen molar-refractivity contribution in [2.45, 2.75) is 5.92 Å². The maximum Gasteiger partial charge on any atom is 0.345 e. The molecule has 1 unspecified atom stereocenters. The lowest BCUT2D eigenvalue weighted by Crippen LogP contribution is -2.21. The lowest BCUT2D eigenvalue weighted by Gasteiger charge is -2.27. The van der Waals surface area contributed by atoms with Crippen molar-refractivity contribution in [3.63, 3.8) is 0 Å². The molecule has 3 aromatic rings. The summed E-state index contributed by atoms with van der Waals surface area (Å²) in [5, 5.41) is 10.8. The largest absolute Gasteiger partial charge is 0.440 e. The maximum atomic E-state index is 12.5. The van der Waals surface area contributed by atoms with Crippen LogP contribution < -0.4 is 15.2 Å². The molecule has 31 heavy (non-hydrogen) atoms. The van der Waals surface area contributed by atoms with Crippen molar-refractivity contribution in [3.8, 4) is 17.6 Å². The van der Waals surface area contributed by atoms with E-state index in [1.807, 2.05) is 0 Å². The number of fused-ring (bicyclic) bond motifs is 1. The number of carbonyl (C=O) groups excluding carboxylic acids is 1. The number of nitrogens with two attached hydrogens (primary N) is 1. The Morgan fingerprint density at radius 2 is 1.74 bits per heavy atom. The van der Waals surface area contributed by atoms with Gasteiger partial charge in [-0.1, -0.05) is 59.1 Å². The average Bonchev–Trinajstić information content (AvgIpc) is 2.73. The minimum Gasteiger partial charge on any atom is -0.440 e. The number of allylic oxidation sites excluding steroid dienone is 1. The van der Waals surface area contributed by atoms with E-state index in [4.69, 9.17) is 50.0 Å². The highest BCUT2D eigenvalue weighted by molar-refractivity contribution is 6.35. The molecule has 0 fully saturated rings. The number of ether oxygens (including phenoxy) is 2. The van der Waals surface area contributed by atoms with Crippen LogP contribution in [0.1, 0.15) is 27.4 Å². The molecule has 5 nitrogen and oxygen atoms in total. The van der Waals surface area contributed by atoms with E-state index in [1.54, 1.807) is 54.6 Å². The topological polar surface area (TPSA) is 85.3 Å². The van der Waals surface area contributed by atoms with Crippen molar-refractivity contribution in [1.82, 2.24) is 0 Å². The van der Waals surface area contributed by atoms with Crippen molar-refractivity contribution >= 4 is 40.8 Å². The Bertz CT molecular complexity index is 1280. The first kappa shape index (κ1) is 21.1. The summed E-state index contributed by atoms with van der Waals surface area (Å²) < 4.78 is 11.1. The Morgan fingerprint density at radius 1 is 1.00 bits per heavy atom. The van der Waals surface area contributed by atoms with Crippen LogP contribution in [0, 0.1) is 11.3 Å². The van der Waals surface area contributed by atoms with Gasteiger partial charge in [-0.05, 0) is 35.9 Å². The smallest absolute Gasteiger partial charge is 0.345 e. The predicted octanol–water partition coefficient (Wildman–Crippen LogP) is 6.08. The second-order valence-corrected chi connectivity index (χ2v) is 7.91. The summed E-state index contributed by atoms with van der Waals surface area (Å²) in [6.07, 6.45) is 0. The summed E-state index contributed by atoms with van der Waals surface area (Å²) in [7, 11) is 0. The fourth-order valence-corrected chi connectivity index (χ4v) is 4.07. The number of hydrogen-bond donors (Lipinski definition) is 1. The van der Waals surface area contributed by atoms with E-state index in [0.29, 0.717) is 26.9 Å². The van der Waals surface area contributed by atoms with Crippen molar-refractivity contribution in [2.75, 3.05) is 0 Å². The molecule has 8 heteroatoms. The molecule has 1 heterocycles. The first-order chi connectivity index (χ1) is 14.9. The normalized spacial score (nSPS) is 15.0.